The standard InChI is InChI=1S/C20H26O6/c1-19(2)23-15(12-21)17(25-19)18-16(24-20(3,4)26-18)14(22)11-10-13-8-6-5-7-9-13/h5-9,14-18,21-22H,12H2,1-4H3/t14-,15-,16+,17-,18-/m1/s1. The molecule has 5 atom stereocenters. The van der Waals surface area contributed by atoms with Crippen molar-refractivity contribution < 1.29 is 29.2 Å². The maximum atomic E-state index is 10.6. The van der Waals surface area contributed by atoms with Crippen LogP contribution in [0.4, 0.5) is 0 Å². The van der Waals surface area contributed by atoms with E-state index >= 15 is 0 Å². The van der Waals surface area contributed by atoms with Crippen LogP contribution in [0, 0.1) is 11.8 Å². The maximum absolute atomic E-state index is 10.6. The zero-order chi connectivity index (χ0) is 18.9. The number of aliphatic hydroxyl groups excluding tert-OH is 2. The molecule has 6 heteroatoms. The molecule has 0 radical (unpaired) electrons. The number of hydrogen-bond acceptors (Lipinski definition) is 6. The minimum atomic E-state index is -1.08. The molecule has 0 unspecified atom stereocenters. The van der Waals surface area contributed by atoms with Crippen molar-refractivity contribution in [3.05, 3.63) is 35.9 Å². The van der Waals surface area contributed by atoms with Gasteiger partial charge in [-0.25, -0.2) is 0 Å². The molecule has 2 N–H and O–H groups in total. The minimum absolute atomic E-state index is 0.215. The molecule has 0 saturated carbocycles. The average Bonchev–Trinajstić information content (AvgIpc) is 3.08. The molecule has 2 saturated heterocycles. The molecule has 0 aliphatic carbocycles. The van der Waals surface area contributed by atoms with Crippen LogP contribution < -0.4 is 0 Å². The molecule has 1 aromatic rings. The molecule has 2 aliphatic rings. The Balaban J connectivity index is 1.81. The molecule has 1 aromatic carbocycles. The lowest BCUT2D eigenvalue weighted by Gasteiger charge is -2.26. The van der Waals surface area contributed by atoms with Gasteiger partial charge in [0.25, 0.3) is 0 Å². The summed E-state index contributed by atoms with van der Waals surface area (Å²) < 4.78 is 23.5. The fourth-order valence-corrected chi connectivity index (χ4v) is 3.36. The van der Waals surface area contributed by atoms with E-state index in [1.54, 1.807) is 27.7 Å². The Labute approximate surface area is 154 Å². The van der Waals surface area contributed by atoms with Gasteiger partial charge in [0.15, 0.2) is 11.6 Å². The van der Waals surface area contributed by atoms with E-state index in [-0.39, 0.29) is 6.61 Å². The second-order valence-electron chi connectivity index (χ2n) is 7.47. The third kappa shape index (κ3) is 4.26. The first-order valence-electron chi connectivity index (χ1n) is 8.77. The van der Waals surface area contributed by atoms with Gasteiger partial charge in [0.2, 0.25) is 0 Å². The van der Waals surface area contributed by atoms with Crippen molar-refractivity contribution >= 4 is 0 Å². The van der Waals surface area contributed by atoms with Gasteiger partial charge in [-0.3, -0.25) is 0 Å². The molecule has 26 heavy (non-hydrogen) atoms. The molecule has 0 spiro atoms. The lowest BCUT2D eigenvalue weighted by molar-refractivity contribution is -0.175. The number of rotatable bonds is 3. The van der Waals surface area contributed by atoms with E-state index in [0.29, 0.717) is 0 Å². The van der Waals surface area contributed by atoms with Crippen LogP contribution in [0.2, 0.25) is 0 Å². The van der Waals surface area contributed by atoms with E-state index in [1.165, 1.54) is 0 Å². The van der Waals surface area contributed by atoms with Gasteiger partial charge in [0.1, 0.15) is 30.5 Å². The molecule has 0 aromatic heterocycles. The summed E-state index contributed by atoms with van der Waals surface area (Å²) in [4.78, 5) is 0. The Kier molecular flexibility index (Phi) is 5.40. The Morgan fingerprint density at radius 1 is 0.962 bits per heavy atom. The maximum Gasteiger partial charge on any atom is 0.164 e. The highest BCUT2D eigenvalue weighted by Gasteiger charge is 2.55. The summed E-state index contributed by atoms with van der Waals surface area (Å²) in [6, 6.07) is 9.41. The van der Waals surface area contributed by atoms with Crippen LogP contribution >= 0.6 is 0 Å². The largest absolute Gasteiger partial charge is 0.394 e. The average molecular weight is 362 g/mol. The fourth-order valence-electron chi connectivity index (χ4n) is 3.36. The molecule has 3 rings (SSSR count). The quantitative estimate of drug-likeness (QED) is 0.792. The van der Waals surface area contributed by atoms with Crippen molar-refractivity contribution in [1.82, 2.24) is 0 Å². The summed E-state index contributed by atoms with van der Waals surface area (Å²) in [7, 11) is 0. The second kappa shape index (κ2) is 7.28. The first kappa shape index (κ1) is 19.3. The number of hydrogen-bond donors (Lipinski definition) is 2. The van der Waals surface area contributed by atoms with Crippen LogP contribution in [-0.2, 0) is 18.9 Å². The predicted octanol–water partition coefficient (Wildman–Crippen LogP) is 1.43. The van der Waals surface area contributed by atoms with Crippen molar-refractivity contribution in [3.63, 3.8) is 0 Å². The zero-order valence-corrected chi connectivity index (χ0v) is 15.5. The summed E-state index contributed by atoms with van der Waals surface area (Å²) in [5, 5.41) is 20.3. The SMILES string of the molecule is CC1(C)O[C@@H]([C@@H]2OC(C)(C)O[C@@H]2CO)[C@H]([C@H](O)C#Cc2ccccc2)O1. The van der Waals surface area contributed by atoms with Crippen LogP contribution in [0.3, 0.4) is 0 Å². The molecule has 0 bridgehead atoms. The van der Waals surface area contributed by atoms with Gasteiger partial charge in [-0.2, -0.15) is 0 Å². The van der Waals surface area contributed by atoms with Crippen LogP contribution in [-0.4, -0.2) is 58.9 Å². The molecule has 2 fully saturated rings. The Morgan fingerprint density at radius 3 is 2.23 bits per heavy atom. The van der Waals surface area contributed by atoms with Gasteiger partial charge in [0, 0.05) is 5.56 Å². The Morgan fingerprint density at radius 2 is 1.58 bits per heavy atom. The van der Waals surface area contributed by atoms with Crippen molar-refractivity contribution in [3.8, 4) is 11.8 Å². The molecule has 0 amide bonds. The van der Waals surface area contributed by atoms with Crippen molar-refractivity contribution in [1.29, 1.82) is 0 Å². The van der Waals surface area contributed by atoms with Crippen LogP contribution in [0.15, 0.2) is 30.3 Å². The van der Waals surface area contributed by atoms with E-state index in [4.69, 9.17) is 18.9 Å². The second-order valence-corrected chi connectivity index (χ2v) is 7.47. The topological polar surface area (TPSA) is 77.4 Å². The highest BCUT2D eigenvalue weighted by Crippen LogP contribution is 2.39. The summed E-state index contributed by atoms with van der Waals surface area (Å²) in [5.41, 5.74) is 0.802. The summed E-state index contributed by atoms with van der Waals surface area (Å²) in [5.74, 6) is 4.02. The Hall–Kier alpha value is -1.46. The van der Waals surface area contributed by atoms with Crippen LogP contribution in [0.25, 0.3) is 0 Å². The summed E-state index contributed by atoms with van der Waals surface area (Å²) in [6.07, 6.45) is -3.56. The molecule has 6 nitrogen and oxygen atoms in total. The van der Waals surface area contributed by atoms with Crippen molar-refractivity contribution in [2.45, 2.75) is 69.8 Å². The highest BCUT2D eigenvalue weighted by atomic mass is 16.8. The van der Waals surface area contributed by atoms with Crippen LogP contribution in [0.5, 0.6) is 0 Å². The van der Waals surface area contributed by atoms with Gasteiger partial charge in [-0.1, -0.05) is 30.0 Å². The van der Waals surface area contributed by atoms with E-state index < -0.39 is 42.1 Å². The predicted molar refractivity (Wildman–Crippen MR) is 94.1 cm³/mol. The van der Waals surface area contributed by atoms with Gasteiger partial charge >= 0.3 is 0 Å². The van der Waals surface area contributed by atoms with Gasteiger partial charge in [-0.15, -0.1) is 0 Å². The van der Waals surface area contributed by atoms with E-state index in [9.17, 15) is 10.2 Å². The summed E-state index contributed by atoms with van der Waals surface area (Å²) in [6.45, 7) is 6.87. The van der Waals surface area contributed by atoms with E-state index in [2.05, 4.69) is 11.8 Å². The first-order valence-corrected chi connectivity index (χ1v) is 8.77. The Bertz CT molecular complexity index is 675. The number of benzene rings is 1. The van der Waals surface area contributed by atoms with E-state index in [1.807, 2.05) is 30.3 Å². The highest BCUT2D eigenvalue weighted by molar-refractivity contribution is 5.34. The lowest BCUT2D eigenvalue weighted by atomic mass is 9.99. The first-order chi connectivity index (χ1) is 12.2. The van der Waals surface area contributed by atoms with E-state index in [0.717, 1.165) is 5.56 Å². The van der Waals surface area contributed by atoms with Crippen molar-refractivity contribution in [2.75, 3.05) is 6.61 Å². The van der Waals surface area contributed by atoms with Gasteiger partial charge in [0.05, 0.1) is 6.61 Å². The van der Waals surface area contributed by atoms with Crippen LogP contribution in [0.1, 0.15) is 33.3 Å². The minimum Gasteiger partial charge on any atom is -0.394 e. The smallest absolute Gasteiger partial charge is 0.164 e. The number of ether oxygens (including phenoxy) is 4. The molecule has 2 aliphatic heterocycles. The number of aliphatic hydroxyl groups is 2. The molecular formula is C20H26O6. The third-order valence-corrected chi connectivity index (χ3v) is 4.34. The molecule has 142 valence electrons. The summed E-state index contributed by atoms with van der Waals surface area (Å²) >= 11 is 0. The normalized spacial score (nSPS) is 33.5. The van der Waals surface area contributed by atoms with Gasteiger partial charge < -0.3 is 29.2 Å². The fraction of sp³-hybridized carbons (Fsp3) is 0.600. The van der Waals surface area contributed by atoms with Gasteiger partial charge in [-0.05, 0) is 39.8 Å². The zero-order valence-electron chi connectivity index (χ0n) is 15.5. The molecular weight excluding hydrogens is 336 g/mol. The van der Waals surface area contributed by atoms with Crippen molar-refractivity contribution in [2.24, 2.45) is 0 Å². The monoisotopic (exact) mass is 362 g/mol. The lowest BCUT2D eigenvalue weighted by Crippen LogP contribution is -2.47. The molecule has 2 heterocycles. The third-order valence-electron chi connectivity index (χ3n) is 4.34.